The Hall–Kier alpha value is -2.19. The number of rotatable bonds is 5. The molecule has 1 aliphatic carbocycles. The molecule has 2 N–H and O–H groups in total. The van der Waals surface area contributed by atoms with Crippen LogP contribution in [-0.2, 0) is 4.74 Å². The second-order valence-electron chi connectivity index (χ2n) is 6.32. The van der Waals surface area contributed by atoms with Gasteiger partial charge in [0.05, 0.1) is 36.5 Å². The van der Waals surface area contributed by atoms with Gasteiger partial charge >= 0.3 is 0 Å². The van der Waals surface area contributed by atoms with Gasteiger partial charge in [0, 0.05) is 26.7 Å². The Kier molecular flexibility index (Phi) is 6.72. The molecular formula is C13H21N9O3. The summed E-state index contributed by atoms with van der Waals surface area (Å²) < 4.78 is 6.01. The zero-order chi connectivity index (χ0) is 18.4. The van der Waals surface area contributed by atoms with Crippen LogP contribution in [0.1, 0.15) is 32.6 Å². The van der Waals surface area contributed by atoms with Gasteiger partial charge in [-0.25, -0.2) is 0 Å². The van der Waals surface area contributed by atoms with Gasteiger partial charge < -0.3 is 14.9 Å². The fourth-order valence-electron chi connectivity index (χ4n) is 3.75. The van der Waals surface area contributed by atoms with E-state index in [2.05, 4.69) is 30.1 Å². The fourth-order valence-corrected chi connectivity index (χ4v) is 3.75. The lowest BCUT2D eigenvalue weighted by molar-refractivity contribution is -0.152. The minimum atomic E-state index is -1.34. The van der Waals surface area contributed by atoms with Gasteiger partial charge in [0.1, 0.15) is 0 Å². The highest BCUT2D eigenvalue weighted by molar-refractivity contribution is 5.05. The molecule has 0 radical (unpaired) electrons. The summed E-state index contributed by atoms with van der Waals surface area (Å²) in [6.07, 6.45) is -1.29. The summed E-state index contributed by atoms with van der Waals surface area (Å²) in [6.45, 7) is 1.96. The van der Waals surface area contributed by atoms with Gasteiger partial charge in [-0.2, -0.15) is 0 Å². The molecule has 0 bridgehead atoms. The van der Waals surface area contributed by atoms with E-state index in [-0.39, 0.29) is 12.5 Å². The molecule has 0 aromatic carbocycles. The second kappa shape index (κ2) is 8.77. The monoisotopic (exact) mass is 351 g/mol. The molecule has 0 amide bonds. The van der Waals surface area contributed by atoms with Crippen molar-refractivity contribution in [1.82, 2.24) is 0 Å². The molecule has 25 heavy (non-hydrogen) atoms. The average molecular weight is 351 g/mol. The smallest absolute Gasteiger partial charge is 0.0887 e. The summed E-state index contributed by atoms with van der Waals surface area (Å²) in [5.74, 6) is -0.763. The van der Waals surface area contributed by atoms with Crippen LogP contribution < -0.4 is 0 Å². The third-order valence-electron chi connectivity index (χ3n) is 5.01. The third-order valence-corrected chi connectivity index (χ3v) is 5.01. The minimum Gasteiger partial charge on any atom is -0.390 e. The largest absolute Gasteiger partial charge is 0.390 e. The fraction of sp³-hybridized carbons (Fsp3) is 1.00. The highest BCUT2D eigenvalue weighted by Gasteiger charge is 2.49. The molecule has 0 aromatic rings. The number of hydrogen-bond acceptors (Lipinski definition) is 6. The second-order valence-corrected chi connectivity index (χ2v) is 6.32. The highest BCUT2D eigenvalue weighted by atomic mass is 16.5. The Labute approximate surface area is 143 Å². The Balaban J connectivity index is 2.37. The van der Waals surface area contributed by atoms with Gasteiger partial charge in [0.25, 0.3) is 0 Å². The maximum absolute atomic E-state index is 10.6. The van der Waals surface area contributed by atoms with E-state index < -0.39 is 42.4 Å². The van der Waals surface area contributed by atoms with Gasteiger partial charge in [-0.05, 0) is 42.3 Å². The molecule has 2 fully saturated rings. The van der Waals surface area contributed by atoms with E-state index in [0.717, 1.165) is 12.8 Å². The maximum Gasteiger partial charge on any atom is 0.0887 e. The predicted molar refractivity (Wildman–Crippen MR) is 87.1 cm³/mol. The number of hydrogen-bond donors (Lipinski definition) is 2. The molecule has 2 aliphatic rings. The van der Waals surface area contributed by atoms with E-state index in [0.29, 0.717) is 6.42 Å². The quantitative estimate of drug-likeness (QED) is 0.437. The summed E-state index contributed by atoms with van der Waals surface area (Å²) in [4.78, 5) is 8.32. The van der Waals surface area contributed by atoms with Crippen molar-refractivity contribution in [2.24, 2.45) is 21.3 Å². The van der Waals surface area contributed by atoms with E-state index in [9.17, 15) is 10.2 Å². The van der Waals surface area contributed by atoms with Crippen LogP contribution in [0.5, 0.6) is 0 Å². The van der Waals surface area contributed by atoms with Crippen LogP contribution in [0.15, 0.2) is 15.3 Å². The molecule has 12 heteroatoms. The molecule has 1 saturated carbocycles. The minimum absolute atomic E-state index is 0.0685. The summed E-state index contributed by atoms with van der Waals surface area (Å²) in [5, 5.41) is 31.8. The van der Waals surface area contributed by atoms with Gasteiger partial charge in [-0.3, -0.25) is 0 Å². The molecular weight excluding hydrogens is 330 g/mol. The first-order chi connectivity index (χ1) is 12.1. The first kappa shape index (κ1) is 19.1. The first-order valence-electron chi connectivity index (χ1n) is 8.21. The van der Waals surface area contributed by atoms with E-state index in [1.807, 2.05) is 6.92 Å². The summed E-state index contributed by atoms with van der Waals surface area (Å²) in [5.41, 5.74) is 26.3. The van der Waals surface area contributed by atoms with Crippen molar-refractivity contribution in [1.29, 1.82) is 0 Å². The molecule has 12 nitrogen and oxygen atoms in total. The Morgan fingerprint density at radius 3 is 2.12 bits per heavy atom. The van der Waals surface area contributed by atoms with Crippen LogP contribution in [-0.4, -0.2) is 52.8 Å². The maximum atomic E-state index is 10.6. The lowest BCUT2D eigenvalue weighted by atomic mass is 9.72. The summed E-state index contributed by atoms with van der Waals surface area (Å²) in [6, 6.07) is -2.20. The van der Waals surface area contributed by atoms with E-state index >= 15 is 0 Å². The zero-order valence-electron chi connectivity index (χ0n) is 13.8. The standard InChI is InChI=1S/C13H21N9O3/c1-2-6-3-4-7(17-20-14)13(25-6)10-8(18-21-15)5-9(19-22-16)11(23)12(10)24/h6-13,23-24H,2-5H2,1H3/t6-,7?,8?,9?,10-,11+,12+,13?/m1/s1. The van der Waals surface area contributed by atoms with Crippen molar-refractivity contribution in [3.8, 4) is 0 Å². The molecule has 136 valence electrons. The number of nitrogens with zero attached hydrogens (tertiary/aromatic N) is 9. The van der Waals surface area contributed by atoms with E-state index in [1.165, 1.54) is 0 Å². The van der Waals surface area contributed by atoms with Crippen LogP contribution in [0.2, 0.25) is 0 Å². The summed E-state index contributed by atoms with van der Waals surface area (Å²) >= 11 is 0. The first-order valence-corrected chi connectivity index (χ1v) is 8.21. The lowest BCUT2D eigenvalue weighted by Crippen LogP contribution is -2.59. The molecule has 4 unspecified atom stereocenters. The molecule has 1 heterocycles. The average Bonchev–Trinajstić information content (AvgIpc) is 2.61. The molecule has 0 aromatic heterocycles. The normalized spacial score (nSPS) is 40.9. The van der Waals surface area contributed by atoms with Crippen LogP contribution in [0.4, 0.5) is 0 Å². The molecule has 1 aliphatic heterocycles. The van der Waals surface area contributed by atoms with Crippen molar-refractivity contribution >= 4 is 0 Å². The van der Waals surface area contributed by atoms with Crippen molar-refractivity contribution in [3.05, 3.63) is 31.3 Å². The van der Waals surface area contributed by atoms with Crippen LogP contribution in [0.25, 0.3) is 31.3 Å². The lowest BCUT2D eigenvalue weighted by Gasteiger charge is -2.47. The molecule has 1 saturated heterocycles. The Bertz CT molecular complexity index is 612. The van der Waals surface area contributed by atoms with Gasteiger partial charge in [-0.1, -0.05) is 22.3 Å². The van der Waals surface area contributed by atoms with Gasteiger partial charge in [0.2, 0.25) is 0 Å². The van der Waals surface area contributed by atoms with Crippen molar-refractivity contribution in [2.75, 3.05) is 0 Å². The van der Waals surface area contributed by atoms with Crippen molar-refractivity contribution < 1.29 is 14.9 Å². The molecule has 2 rings (SSSR count). The number of ether oxygens (including phenoxy) is 1. The number of azide groups is 3. The number of aliphatic hydroxyl groups is 2. The van der Waals surface area contributed by atoms with Crippen LogP contribution >= 0.6 is 0 Å². The zero-order valence-corrected chi connectivity index (χ0v) is 13.8. The molecule has 0 spiro atoms. The van der Waals surface area contributed by atoms with Crippen LogP contribution in [0.3, 0.4) is 0 Å². The molecule has 8 atom stereocenters. The van der Waals surface area contributed by atoms with Crippen LogP contribution in [0, 0.1) is 5.92 Å². The van der Waals surface area contributed by atoms with Gasteiger partial charge in [-0.15, -0.1) is 0 Å². The SMILES string of the molecule is CC[C@@H]1CCC(N=[N+]=[N-])C([C@@H]2C(N=[N+]=[N-])CC(N=[N+]=[N-])[C@H](O)[C@H]2O)O1. The van der Waals surface area contributed by atoms with Gasteiger partial charge in [0.15, 0.2) is 0 Å². The van der Waals surface area contributed by atoms with Crippen molar-refractivity contribution in [3.63, 3.8) is 0 Å². The van der Waals surface area contributed by atoms with E-state index in [1.54, 1.807) is 0 Å². The van der Waals surface area contributed by atoms with E-state index in [4.69, 9.17) is 21.3 Å². The topological polar surface area (TPSA) is 196 Å². The summed E-state index contributed by atoms with van der Waals surface area (Å²) in [7, 11) is 0. The Morgan fingerprint density at radius 1 is 0.920 bits per heavy atom. The van der Waals surface area contributed by atoms with Crippen molar-refractivity contribution in [2.45, 2.75) is 75.1 Å². The Morgan fingerprint density at radius 2 is 1.52 bits per heavy atom. The highest BCUT2D eigenvalue weighted by Crippen LogP contribution is 2.39. The third kappa shape index (κ3) is 4.08. The number of aliphatic hydroxyl groups excluding tert-OH is 2. The predicted octanol–water partition coefficient (Wildman–Crippen LogP) is 2.72.